The van der Waals surface area contributed by atoms with Gasteiger partial charge in [0, 0.05) is 0 Å². The van der Waals surface area contributed by atoms with Crippen molar-refractivity contribution < 1.29 is 9.47 Å². The molecule has 2 aromatic rings. The van der Waals surface area contributed by atoms with E-state index in [0.717, 1.165) is 33.5 Å². The number of nitrogens with one attached hydrogen (secondary N) is 1. The Labute approximate surface area is 133 Å². The zero-order chi connectivity index (χ0) is 15.2. The number of hydrazine groups is 1. The summed E-state index contributed by atoms with van der Waals surface area (Å²) in [6.45, 7) is 0. The van der Waals surface area contributed by atoms with E-state index in [1.807, 2.05) is 42.5 Å². The number of halogens is 1. The molecular formula is C16H19BrN2O2. The number of rotatable bonds is 6. The molecule has 1 unspecified atom stereocenters. The molecule has 0 spiro atoms. The van der Waals surface area contributed by atoms with Crippen LogP contribution in [0.3, 0.4) is 0 Å². The number of hydrogen-bond acceptors (Lipinski definition) is 4. The molecule has 0 amide bonds. The number of methoxy groups -OCH3 is 2. The second-order valence-corrected chi connectivity index (χ2v) is 5.48. The van der Waals surface area contributed by atoms with Crippen molar-refractivity contribution in [2.75, 3.05) is 14.2 Å². The third kappa shape index (κ3) is 3.75. The van der Waals surface area contributed by atoms with Gasteiger partial charge in [-0.1, -0.05) is 24.3 Å². The minimum atomic E-state index is -0.0106. The van der Waals surface area contributed by atoms with Crippen molar-refractivity contribution in [1.29, 1.82) is 0 Å². The molecule has 0 saturated heterocycles. The monoisotopic (exact) mass is 350 g/mol. The predicted molar refractivity (Wildman–Crippen MR) is 87.5 cm³/mol. The van der Waals surface area contributed by atoms with Crippen molar-refractivity contribution in [3.05, 3.63) is 58.1 Å². The second-order valence-electron chi connectivity index (χ2n) is 4.63. The van der Waals surface area contributed by atoms with Crippen LogP contribution in [0.25, 0.3) is 0 Å². The average molecular weight is 351 g/mol. The van der Waals surface area contributed by atoms with Crippen LogP contribution in [-0.4, -0.2) is 14.2 Å². The molecule has 1 atom stereocenters. The number of hydrogen-bond donors (Lipinski definition) is 2. The van der Waals surface area contributed by atoms with E-state index < -0.39 is 0 Å². The fraction of sp³-hybridized carbons (Fsp3) is 0.250. The van der Waals surface area contributed by atoms with Gasteiger partial charge in [0.15, 0.2) is 0 Å². The molecule has 4 nitrogen and oxygen atoms in total. The van der Waals surface area contributed by atoms with Crippen molar-refractivity contribution in [1.82, 2.24) is 5.43 Å². The first-order valence-electron chi connectivity index (χ1n) is 6.61. The lowest BCUT2D eigenvalue weighted by atomic mass is 9.98. The summed E-state index contributed by atoms with van der Waals surface area (Å²) in [6, 6.07) is 13.9. The Kier molecular flexibility index (Phi) is 5.61. The summed E-state index contributed by atoms with van der Waals surface area (Å²) >= 11 is 3.50. The van der Waals surface area contributed by atoms with Crippen LogP contribution >= 0.6 is 15.9 Å². The van der Waals surface area contributed by atoms with Gasteiger partial charge in [-0.3, -0.25) is 11.3 Å². The van der Waals surface area contributed by atoms with Crippen LogP contribution in [0.15, 0.2) is 46.9 Å². The number of nitrogens with two attached hydrogens (primary N) is 1. The van der Waals surface area contributed by atoms with Crippen LogP contribution in [0.4, 0.5) is 0 Å². The van der Waals surface area contributed by atoms with Crippen LogP contribution in [0, 0.1) is 0 Å². The molecule has 0 fully saturated rings. The smallest absolute Gasteiger partial charge is 0.133 e. The van der Waals surface area contributed by atoms with Crippen molar-refractivity contribution >= 4 is 15.9 Å². The highest BCUT2D eigenvalue weighted by Crippen LogP contribution is 2.30. The molecule has 112 valence electrons. The third-order valence-corrected chi connectivity index (χ3v) is 4.02. The third-order valence-electron chi connectivity index (χ3n) is 3.40. The number of ether oxygens (including phenoxy) is 2. The molecule has 0 bridgehead atoms. The molecule has 0 aliphatic heterocycles. The number of para-hydroxylation sites is 1. The molecule has 0 aliphatic rings. The fourth-order valence-corrected chi connectivity index (χ4v) is 2.82. The Morgan fingerprint density at radius 3 is 2.43 bits per heavy atom. The summed E-state index contributed by atoms with van der Waals surface area (Å²) in [6.07, 6.45) is 0.735. The lowest BCUT2D eigenvalue weighted by molar-refractivity contribution is 0.405. The van der Waals surface area contributed by atoms with Crippen LogP contribution in [0.1, 0.15) is 17.2 Å². The molecule has 0 heterocycles. The highest BCUT2D eigenvalue weighted by Gasteiger charge is 2.14. The molecule has 5 heteroatoms. The van der Waals surface area contributed by atoms with Crippen LogP contribution in [0.5, 0.6) is 11.5 Å². The lowest BCUT2D eigenvalue weighted by Crippen LogP contribution is -2.29. The van der Waals surface area contributed by atoms with E-state index in [9.17, 15) is 0 Å². The Morgan fingerprint density at radius 2 is 1.81 bits per heavy atom. The second kappa shape index (κ2) is 7.45. The highest BCUT2D eigenvalue weighted by molar-refractivity contribution is 9.10. The van der Waals surface area contributed by atoms with E-state index in [1.54, 1.807) is 14.2 Å². The quantitative estimate of drug-likeness (QED) is 0.620. The van der Waals surface area contributed by atoms with Crippen molar-refractivity contribution in [2.24, 2.45) is 5.84 Å². The van der Waals surface area contributed by atoms with Crippen molar-refractivity contribution in [2.45, 2.75) is 12.5 Å². The Morgan fingerprint density at radius 1 is 1.10 bits per heavy atom. The van der Waals surface area contributed by atoms with Crippen LogP contribution in [-0.2, 0) is 6.42 Å². The molecule has 3 N–H and O–H groups in total. The predicted octanol–water partition coefficient (Wildman–Crippen LogP) is 3.21. The maximum Gasteiger partial charge on any atom is 0.133 e. The summed E-state index contributed by atoms with van der Waals surface area (Å²) in [5, 5.41) is 0. The fourth-order valence-electron chi connectivity index (χ4n) is 2.26. The summed E-state index contributed by atoms with van der Waals surface area (Å²) in [4.78, 5) is 0. The Hall–Kier alpha value is -1.56. The van der Waals surface area contributed by atoms with Gasteiger partial charge in [-0.25, -0.2) is 0 Å². The van der Waals surface area contributed by atoms with E-state index >= 15 is 0 Å². The average Bonchev–Trinajstić information content (AvgIpc) is 2.52. The van der Waals surface area contributed by atoms with Crippen LogP contribution < -0.4 is 20.7 Å². The lowest BCUT2D eigenvalue weighted by Gasteiger charge is -2.19. The highest BCUT2D eigenvalue weighted by atomic mass is 79.9. The van der Waals surface area contributed by atoms with Gasteiger partial charge < -0.3 is 9.47 Å². The largest absolute Gasteiger partial charge is 0.496 e. The standard InChI is InChI=1S/C16H19BrN2O2/c1-20-15-6-4-3-5-12(15)10-14(19-18)11-7-8-16(21-2)13(17)9-11/h3-9,14,19H,10,18H2,1-2H3. The summed E-state index contributed by atoms with van der Waals surface area (Å²) < 4.78 is 11.5. The minimum Gasteiger partial charge on any atom is -0.496 e. The van der Waals surface area contributed by atoms with Gasteiger partial charge in [0.25, 0.3) is 0 Å². The van der Waals surface area contributed by atoms with E-state index in [2.05, 4.69) is 21.4 Å². The first-order valence-corrected chi connectivity index (χ1v) is 7.40. The van der Waals surface area contributed by atoms with E-state index in [4.69, 9.17) is 15.3 Å². The van der Waals surface area contributed by atoms with Gasteiger partial charge in [-0.2, -0.15) is 0 Å². The summed E-state index contributed by atoms with van der Waals surface area (Å²) in [5.74, 6) is 7.39. The first kappa shape index (κ1) is 15.8. The molecule has 0 radical (unpaired) electrons. The zero-order valence-corrected chi connectivity index (χ0v) is 13.7. The SMILES string of the molecule is COc1ccc(C(Cc2ccccc2OC)NN)cc1Br. The van der Waals surface area contributed by atoms with E-state index in [-0.39, 0.29) is 6.04 Å². The molecule has 2 rings (SSSR count). The molecule has 0 aromatic heterocycles. The van der Waals surface area contributed by atoms with Gasteiger partial charge >= 0.3 is 0 Å². The Bertz CT molecular complexity index is 605. The molecule has 0 saturated carbocycles. The van der Waals surface area contributed by atoms with Gasteiger partial charge in [-0.15, -0.1) is 0 Å². The van der Waals surface area contributed by atoms with Gasteiger partial charge in [-0.05, 0) is 51.7 Å². The summed E-state index contributed by atoms with van der Waals surface area (Å²) in [5.41, 5.74) is 5.05. The van der Waals surface area contributed by atoms with Crippen molar-refractivity contribution in [3.63, 3.8) is 0 Å². The maximum absolute atomic E-state index is 5.73. The normalized spacial score (nSPS) is 12.0. The van der Waals surface area contributed by atoms with Gasteiger partial charge in [0.05, 0.1) is 24.7 Å². The Balaban J connectivity index is 2.25. The van der Waals surface area contributed by atoms with Gasteiger partial charge in [0.2, 0.25) is 0 Å². The first-order chi connectivity index (χ1) is 10.2. The van der Waals surface area contributed by atoms with Crippen LogP contribution in [0.2, 0.25) is 0 Å². The maximum atomic E-state index is 5.73. The minimum absolute atomic E-state index is 0.0106. The number of benzene rings is 2. The zero-order valence-electron chi connectivity index (χ0n) is 12.1. The van der Waals surface area contributed by atoms with Gasteiger partial charge in [0.1, 0.15) is 11.5 Å². The van der Waals surface area contributed by atoms with Crippen molar-refractivity contribution in [3.8, 4) is 11.5 Å². The molecule has 0 aliphatic carbocycles. The summed E-state index contributed by atoms with van der Waals surface area (Å²) in [7, 11) is 3.32. The topological polar surface area (TPSA) is 56.5 Å². The van der Waals surface area contributed by atoms with E-state index in [0.29, 0.717) is 0 Å². The molecule has 2 aromatic carbocycles. The molecular weight excluding hydrogens is 332 g/mol. The van der Waals surface area contributed by atoms with E-state index in [1.165, 1.54) is 0 Å². The molecule has 21 heavy (non-hydrogen) atoms.